The molecule has 0 bridgehead atoms. The van der Waals surface area contributed by atoms with Crippen LogP contribution in [0, 0.1) is 6.92 Å². The fraction of sp³-hybridized carbons (Fsp3) is 0.333. The molecule has 4 heteroatoms. The van der Waals surface area contributed by atoms with Gasteiger partial charge in [0, 0.05) is 24.1 Å². The standard InChI is InChI=1S/C18H21N3O/c1-13-4-5-16(12-20-13)18(22)21-17-8-6-14(7-9-17)15-3-2-10-19-11-15/h4-9,12,15,19H,2-3,10-11H2,1H3,(H,21,22). The normalized spacial score (nSPS) is 18.0. The Bertz CT molecular complexity index is 628. The maximum atomic E-state index is 12.2. The van der Waals surface area contributed by atoms with Crippen LogP contribution in [0.3, 0.4) is 0 Å². The Kier molecular flexibility index (Phi) is 4.49. The molecule has 1 aromatic heterocycles. The van der Waals surface area contributed by atoms with Gasteiger partial charge in [-0.05, 0) is 62.1 Å². The molecule has 1 aliphatic heterocycles. The first-order valence-electron chi connectivity index (χ1n) is 7.77. The van der Waals surface area contributed by atoms with Crippen LogP contribution in [0.4, 0.5) is 5.69 Å². The summed E-state index contributed by atoms with van der Waals surface area (Å²) in [5.74, 6) is 0.458. The van der Waals surface area contributed by atoms with E-state index in [0.717, 1.165) is 24.5 Å². The van der Waals surface area contributed by atoms with Crippen molar-refractivity contribution in [3.8, 4) is 0 Å². The number of rotatable bonds is 3. The smallest absolute Gasteiger partial charge is 0.257 e. The SMILES string of the molecule is Cc1ccc(C(=O)Nc2ccc(C3CCCNC3)cc2)cn1. The van der Waals surface area contributed by atoms with Gasteiger partial charge in [0.05, 0.1) is 5.56 Å². The number of aromatic nitrogens is 1. The summed E-state index contributed by atoms with van der Waals surface area (Å²) < 4.78 is 0. The molecule has 114 valence electrons. The molecule has 4 nitrogen and oxygen atoms in total. The van der Waals surface area contributed by atoms with Crippen molar-refractivity contribution >= 4 is 11.6 Å². The van der Waals surface area contributed by atoms with E-state index in [4.69, 9.17) is 0 Å². The second-order valence-corrected chi connectivity index (χ2v) is 5.81. The number of nitrogens with one attached hydrogen (secondary N) is 2. The summed E-state index contributed by atoms with van der Waals surface area (Å²) in [5, 5.41) is 6.34. The Morgan fingerprint density at radius 2 is 2.05 bits per heavy atom. The number of piperidine rings is 1. The summed E-state index contributed by atoms with van der Waals surface area (Å²) in [4.78, 5) is 16.3. The minimum Gasteiger partial charge on any atom is -0.322 e. The molecule has 1 fully saturated rings. The lowest BCUT2D eigenvalue weighted by atomic mass is 9.92. The van der Waals surface area contributed by atoms with Crippen molar-refractivity contribution in [2.24, 2.45) is 0 Å². The van der Waals surface area contributed by atoms with Gasteiger partial charge in [-0.2, -0.15) is 0 Å². The third-order valence-corrected chi connectivity index (χ3v) is 4.11. The largest absolute Gasteiger partial charge is 0.322 e. The molecule has 0 saturated carbocycles. The number of pyridine rings is 1. The van der Waals surface area contributed by atoms with Crippen molar-refractivity contribution in [3.05, 3.63) is 59.4 Å². The number of hydrogen-bond donors (Lipinski definition) is 2. The first kappa shape index (κ1) is 14.7. The van der Waals surface area contributed by atoms with Gasteiger partial charge in [-0.15, -0.1) is 0 Å². The van der Waals surface area contributed by atoms with Crippen LogP contribution in [-0.2, 0) is 0 Å². The average molecular weight is 295 g/mol. The van der Waals surface area contributed by atoms with E-state index < -0.39 is 0 Å². The van der Waals surface area contributed by atoms with E-state index in [1.807, 2.05) is 25.1 Å². The van der Waals surface area contributed by atoms with E-state index in [-0.39, 0.29) is 5.91 Å². The second-order valence-electron chi connectivity index (χ2n) is 5.81. The zero-order valence-corrected chi connectivity index (χ0v) is 12.8. The first-order valence-corrected chi connectivity index (χ1v) is 7.77. The van der Waals surface area contributed by atoms with E-state index in [1.54, 1.807) is 12.3 Å². The van der Waals surface area contributed by atoms with Crippen LogP contribution in [0.15, 0.2) is 42.6 Å². The highest BCUT2D eigenvalue weighted by Crippen LogP contribution is 2.24. The van der Waals surface area contributed by atoms with Crippen molar-refractivity contribution in [2.45, 2.75) is 25.7 Å². The lowest BCUT2D eigenvalue weighted by Gasteiger charge is -2.23. The predicted octanol–water partition coefficient (Wildman–Crippen LogP) is 3.11. The summed E-state index contributed by atoms with van der Waals surface area (Å²) in [6.07, 6.45) is 4.06. The quantitative estimate of drug-likeness (QED) is 0.915. The summed E-state index contributed by atoms with van der Waals surface area (Å²) >= 11 is 0. The molecular formula is C18H21N3O. The number of amides is 1. The van der Waals surface area contributed by atoms with Crippen molar-refractivity contribution in [3.63, 3.8) is 0 Å². The van der Waals surface area contributed by atoms with Gasteiger partial charge in [0.15, 0.2) is 0 Å². The van der Waals surface area contributed by atoms with E-state index in [1.165, 1.54) is 18.4 Å². The maximum absolute atomic E-state index is 12.2. The molecular weight excluding hydrogens is 274 g/mol. The lowest BCUT2D eigenvalue weighted by Crippen LogP contribution is -2.28. The molecule has 22 heavy (non-hydrogen) atoms. The van der Waals surface area contributed by atoms with Gasteiger partial charge < -0.3 is 10.6 Å². The zero-order valence-electron chi connectivity index (χ0n) is 12.8. The Labute approximate surface area is 131 Å². The molecule has 2 N–H and O–H groups in total. The van der Waals surface area contributed by atoms with Crippen molar-refractivity contribution in [1.82, 2.24) is 10.3 Å². The molecule has 1 aromatic carbocycles. The number of benzene rings is 1. The third kappa shape index (κ3) is 3.52. The van der Waals surface area contributed by atoms with Crippen LogP contribution in [0.5, 0.6) is 0 Å². The Hall–Kier alpha value is -2.20. The highest BCUT2D eigenvalue weighted by atomic mass is 16.1. The summed E-state index contributed by atoms with van der Waals surface area (Å²) in [7, 11) is 0. The van der Waals surface area contributed by atoms with E-state index >= 15 is 0 Å². The molecule has 1 atom stereocenters. The fourth-order valence-corrected chi connectivity index (χ4v) is 2.78. The van der Waals surface area contributed by atoms with Crippen LogP contribution in [0.25, 0.3) is 0 Å². The molecule has 1 aliphatic rings. The number of anilines is 1. The number of carbonyl (C=O) groups is 1. The minimum atomic E-state index is -0.125. The summed E-state index contributed by atoms with van der Waals surface area (Å²) in [5.41, 5.74) is 3.63. The van der Waals surface area contributed by atoms with Gasteiger partial charge in [0.1, 0.15) is 0 Å². The van der Waals surface area contributed by atoms with Crippen LogP contribution in [0.2, 0.25) is 0 Å². The van der Waals surface area contributed by atoms with Crippen LogP contribution >= 0.6 is 0 Å². The van der Waals surface area contributed by atoms with Gasteiger partial charge in [-0.3, -0.25) is 9.78 Å². The van der Waals surface area contributed by atoms with Crippen molar-refractivity contribution in [1.29, 1.82) is 0 Å². The number of aryl methyl sites for hydroxylation is 1. The molecule has 1 saturated heterocycles. The summed E-state index contributed by atoms with van der Waals surface area (Å²) in [6, 6.07) is 11.8. The molecule has 2 heterocycles. The number of nitrogens with zero attached hydrogens (tertiary/aromatic N) is 1. The van der Waals surface area contributed by atoms with Gasteiger partial charge in [0.25, 0.3) is 5.91 Å². The van der Waals surface area contributed by atoms with Gasteiger partial charge >= 0.3 is 0 Å². The molecule has 3 rings (SSSR count). The fourth-order valence-electron chi connectivity index (χ4n) is 2.78. The van der Waals surface area contributed by atoms with Crippen LogP contribution < -0.4 is 10.6 Å². The van der Waals surface area contributed by atoms with Crippen molar-refractivity contribution in [2.75, 3.05) is 18.4 Å². The molecule has 0 aliphatic carbocycles. The van der Waals surface area contributed by atoms with E-state index in [9.17, 15) is 4.79 Å². The molecule has 2 aromatic rings. The van der Waals surface area contributed by atoms with E-state index in [0.29, 0.717) is 11.5 Å². The monoisotopic (exact) mass is 295 g/mol. The molecule has 1 unspecified atom stereocenters. The number of carbonyl (C=O) groups excluding carboxylic acids is 1. The summed E-state index contributed by atoms with van der Waals surface area (Å²) in [6.45, 7) is 4.07. The molecule has 0 spiro atoms. The lowest BCUT2D eigenvalue weighted by molar-refractivity contribution is 0.102. The van der Waals surface area contributed by atoms with E-state index in [2.05, 4.69) is 27.8 Å². The predicted molar refractivity (Wildman–Crippen MR) is 88.2 cm³/mol. The first-order chi connectivity index (χ1) is 10.7. The topological polar surface area (TPSA) is 54.0 Å². The van der Waals surface area contributed by atoms with Crippen molar-refractivity contribution < 1.29 is 4.79 Å². The second kappa shape index (κ2) is 6.71. The average Bonchev–Trinajstić information content (AvgIpc) is 2.57. The third-order valence-electron chi connectivity index (χ3n) is 4.11. The highest BCUT2D eigenvalue weighted by molar-refractivity contribution is 6.04. The van der Waals surface area contributed by atoms with Gasteiger partial charge in [-0.1, -0.05) is 12.1 Å². The maximum Gasteiger partial charge on any atom is 0.257 e. The highest BCUT2D eigenvalue weighted by Gasteiger charge is 2.15. The molecule has 0 radical (unpaired) electrons. The van der Waals surface area contributed by atoms with Gasteiger partial charge in [0.2, 0.25) is 0 Å². The van der Waals surface area contributed by atoms with Crippen LogP contribution in [-0.4, -0.2) is 24.0 Å². The Morgan fingerprint density at radius 1 is 1.23 bits per heavy atom. The zero-order chi connectivity index (χ0) is 15.4. The van der Waals surface area contributed by atoms with Gasteiger partial charge in [-0.25, -0.2) is 0 Å². The molecule has 1 amide bonds. The van der Waals surface area contributed by atoms with Crippen LogP contribution in [0.1, 0.15) is 40.4 Å². The Morgan fingerprint density at radius 3 is 2.68 bits per heavy atom. The minimum absolute atomic E-state index is 0.125. The number of hydrogen-bond acceptors (Lipinski definition) is 3. The Balaban J connectivity index is 1.65.